The van der Waals surface area contributed by atoms with E-state index in [2.05, 4.69) is 13.8 Å². The number of Topliss-reactive ketones (excluding diaryl/α,β-unsaturated/α-hetero) is 1. The molecule has 0 radical (unpaired) electrons. The Morgan fingerprint density at radius 1 is 1.14 bits per heavy atom. The summed E-state index contributed by atoms with van der Waals surface area (Å²) in [6.07, 6.45) is 5.96. The van der Waals surface area contributed by atoms with Crippen molar-refractivity contribution in [2.45, 2.75) is 46.0 Å². The summed E-state index contributed by atoms with van der Waals surface area (Å²) in [5, 5.41) is 0. The molecule has 0 N–H and O–H groups in total. The molecule has 0 saturated heterocycles. The summed E-state index contributed by atoms with van der Waals surface area (Å²) in [5.74, 6) is 1.97. The number of carbonyl (C=O) groups excluding carboxylic acids is 1. The van der Waals surface area contributed by atoms with E-state index in [4.69, 9.17) is 0 Å². The van der Waals surface area contributed by atoms with Gasteiger partial charge in [0.05, 0.1) is 0 Å². The van der Waals surface area contributed by atoms with E-state index in [1.165, 1.54) is 31.3 Å². The van der Waals surface area contributed by atoms with Gasteiger partial charge in [-0.05, 0) is 42.1 Å². The molecule has 3 aliphatic carbocycles. The molecule has 1 nitrogen and oxygen atoms in total. The molecule has 1 saturated carbocycles. The maximum absolute atomic E-state index is 12.0. The fourth-order valence-electron chi connectivity index (χ4n) is 3.78. The van der Waals surface area contributed by atoms with Gasteiger partial charge in [0, 0.05) is 6.42 Å². The summed E-state index contributed by atoms with van der Waals surface area (Å²) in [5.41, 5.74) is 3.06. The van der Waals surface area contributed by atoms with E-state index in [-0.39, 0.29) is 5.41 Å². The first-order valence-electron chi connectivity index (χ1n) is 5.85. The van der Waals surface area contributed by atoms with E-state index in [1.54, 1.807) is 5.57 Å². The third-order valence-electron chi connectivity index (χ3n) is 4.29. The Kier molecular flexibility index (Phi) is 1.55. The number of ketones is 1. The zero-order chi connectivity index (χ0) is 9.92. The summed E-state index contributed by atoms with van der Waals surface area (Å²) in [6, 6.07) is 0. The predicted octanol–water partition coefficient (Wildman–Crippen LogP) is 3.10. The van der Waals surface area contributed by atoms with Crippen molar-refractivity contribution in [3.63, 3.8) is 0 Å². The van der Waals surface area contributed by atoms with Crippen LogP contribution in [0.5, 0.6) is 0 Å². The lowest BCUT2D eigenvalue weighted by atomic mass is 9.58. The van der Waals surface area contributed by atoms with Crippen molar-refractivity contribution in [1.82, 2.24) is 0 Å². The Bertz CT molecular complexity index is 335. The number of carbonyl (C=O) groups is 1. The first-order chi connectivity index (χ1) is 6.58. The number of hydrogen-bond donors (Lipinski definition) is 0. The topological polar surface area (TPSA) is 17.1 Å². The molecule has 0 heterocycles. The lowest BCUT2D eigenvalue weighted by molar-refractivity contribution is -0.119. The van der Waals surface area contributed by atoms with Gasteiger partial charge in [-0.1, -0.05) is 25.8 Å². The summed E-state index contributed by atoms with van der Waals surface area (Å²) < 4.78 is 0. The molecule has 14 heavy (non-hydrogen) atoms. The molecule has 0 amide bonds. The molecular formula is C13H18O. The SMILES string of the molecule is CC1(C)CC(=O)C2=C(C1)[C@H]1CCC[C@@H]21. The first kappa shape index (κ1) is 8.70. The zero-order valence-electron chi connectivity index (χ0n) is 9.10. The van der Waals surface area contributed by atoms with Gasteiger partial charge < -0.3 is 0 Å². The Morgan fingerprint density at radius 3 is 2.64 bits per heavy atom. The lowest BCUT2D eigenvalue weighted by Crippen LogP contribution is -2.39. The molecule has 0 aromatic heterocycles. The average molecular weight is 190 g/mol. The van der Waals surface area contributed by atoms with Gasteiger partial charge in [-0.25, -0.2) is 0 Å². The van der Waals surface area contributed by atoms with Crippen molar-refractivity contribution in [3.8, 4) is 0 Å². The largest absolute Gasteiger partial charge is 0.295 e. The molecule has 0 spiro atoms. The molecule has 0 bridgehead atoms. The van der Waals surface area contributed by atoms with Crippen LogP contribution in [-0.2, 0) is 4.79 Å². The van der Waals surface area contributed by atoms with Gasteiger partial charge >= 0.3 is 0 Å². The second-order valence-electron chi connectivity index (χ2n) is 6.02. The number of hydrogen-bond acceptors (Lipinski definition) is 1. The first-order valence-corrected chi connectivity index (χ1v) is 5.85. The van der Waals surface area contributed by atoms with E-state index in [0.717, 1.165) is 12.3 Å². The summed E-state index contributed by atoms with van der Waals surface area (Å²) in [7, 11) is 0. The molecule has 3 rings (SSSR count). The van der Waals surface area contributed by atoms with Crippen LogP contribution in [0.25, 0.3) is 0 Å². The van der Waals surface area contributed by atoms with E-state index < -0.39 is 0 Å². The van der Waals surface area contributed by atoms with Crippen molar-refractivity contribution in [1.29, 1.82) is 0 Å². The highest BCUT2D eigenvalue weighted by Crippen LogP contribution is 2.58. The highest BCUT2D eigenvalue weighted by Gasteiger charge is 2.50. The van der Waals surface area contributed by atoms with E-state index in [9.17, 15) is 4.79 Å². The van der Waals surface area contributed by atoms with Gasteiger partial charge in [-0.2, -0.15) is 0 Å². The molecular weight excluding hydrogens is 172 g/mol. The quantitative estimate of drug-likeness (QED) is 0.573. The average Bonchev–Trinajstić information content (AvgIpc) is 2.42. The molecule has 1 fully saturated rings. The Morgan fingerprint density at radius 2 is 1.86 bits per heavy atom. The van der Waals surface area contributed by atoms with Gasteiger partial charge in [0.1, 0.15) is 0 Å². The molecule has 0 aromatic carbocycles. The fourth-order valence-corrected chi connectivity index (χ4v) is 3.78. The van der Waals surface area contributed by atoms with E-state index in [0.29, 0.717) is 11.7 Å². The molecule has 76 valence electrons. The van der Waals surface area contributed by atoms with Crippen LogP contribution in [0.4, 0.5) is 0 Å². The summed E-state index contributed by atoms with van der Waals surface area (Å²) in [4.78, 5) is 12.0. The van der Waals surface area contributed by atoms with Crippen molar-refractivity contribution in [2.75, 3.05) is 0 Å². The number of rotatable bonds is 0. The maximum Gasteiger partial charge on any atom is 0.159 e. The summed E-state index contributed by atoms with van der Waals surface area (Å²) >= 11 is 0. The lowest BCUT2D eigenvalue weighted by Gasteiger charge is -2.45. The van der Waals surface area contributed by atoms with Crippen LogP contribution in [0.15, 0.2) is 11.1 Å². The maximum atomic E-state index is 12.0. The van der Waals surface area contributed by atoms with E-state index in [1.807, 2.05) is 0 Å². The minimum Gasteiger partial charge on any atom is -0.295 e. The molecule has 1 heteroatoms. The third-order valence-corrected chi connectivity index (χ3v) is 4.29. The zero-order valence-corrected chi connectivity index (χ0v) is 9.10. The molecule has 0 aliphatic heterocycles. The van der Waals surface area contributed by atoms with Crippen LogP contribution < -0.4 is 0 Å². The highest BCUT2D eigenvalue weighted by atomic mass is 16.1. The summed E-state index contributed by atoms with van der Waals surface area (Å²) in [6.45, 7) is 4.47. The Hall–Kier alpha value is -0.590. The number of fused-ring (bicyclic) bond motifs is 3. The third kappa shape index (κ3) is 0.986. The number of allylic oxidation sites excluding steroid dienone is 2. The van der Waals surface area contributed by atoms with Crippen LogP contribution in [0, 0.1) is 17.3 Å². The monoisotopic (exact) mass is 190 g/mol. The molecule has 0 aromatic rings. The van der Waals surface area contributed by atoms with Crippen LogP contribution in [-0.4, -0.2) is 5.78 Å². The fraction of sp³-hybridized carbons (Fsp3) is 0.769. The van der Waals surface area contributed by atoms with Crippen LogP contribution in [0.2, 0.25) is 0 Å². The minimum atomic E-state index is 0.240. The second-order valence-corrected chi connectivity index (χ2v) is 6.02. The highest BCUT2D eigenvalue weighted by molar-refractivity contribution is 6.00. The van der Waals surface area contributed by atoms with Crippen molar-refractivity contribution in [3.05, 3.63) is 11.1 Å². The Labute approximate surface area is 85.6 Å². The van der Waals surface area contributed by atoms with Gasteiger partial charge in [-0.15, -0.1) is 0 Å². The predicted molar refractivity (Wildman–Crippen MR) is 55.9 cm³/mol. The van der Waals surface area contributed by atoms with Crippen molar-refractivity contribution in [2.24, 2.45) is 17.3 Å². The van der Waals surface area contributed by atoms with Crippen LogP contribution in [0.3, 0.4) is 0 Å². The molecule has 0 unspecified atom stereocenters. The van der Waals surface area contributed by atoms with Gasteiger partial charge in [-0.3, -0.25) is 4.79 Å². The van der Waals surface area contributed by atoms with Crippen LogP contribution >= 0.6 is 0 Å². The van der Waals surface area contributed by atoms with Crippen molar-refractivity contribution < 1.29 is 4.79 Å². The molecule has 2 atom stereocenters. The smallest absolute Gasteiger partial charge is 0.159 e. The van der Waals surface area contributed by atoms with Gasteiger partial charge in [0.25, 0.3) is 0 Å². The molecule has 3 aliphatic rings. The second kappa shape index (κ2) is 2.50. The normalized spacial score (nSPS) is 39.1. The minimum absolute atomic E-state index is 0.240. The Balaban J connectivity index is 1.98. The van der Waals surface area contributed by atoms with E-state index >= 15 is 0 Å². The van der Waals surface area contributed by atoms with Gasteiger partial charge in [0.15, 0.2) is 5.78 Å². The standard InChI is InChI=1S/C13H18O/c1-13(2)6-10-8-4-3-5-9(8)12(10)11(14)7-13/h8-9H,3-7H2,1-2H3/t8-,9+/m0/s1. The van der Waals surface area contributed by atoms with Crippen molar-refractivity contribution >= 4 is 5.78 Å². The van der Waals surface area contributed by atoms with Gasteiger partial charge in [0.2, 0.25) is 0 Å². The van der Waals surface area contributed by atoms with Crippen LogP contribution in [0.1, 0.15) is 46.0 Å².